The average molecular weight is 424 g/mol. The van der Waals surface area contributed by atoms with Crippen LogP contribution in [-0.2, 0) is 9.84 Å². The van der Waals surface area contributed by atoms with Crippen molar-refractivity contribution in [3.8, 4) is 0 Å². The van der Waals surface area contributed by atoms with Crippen LogP contribution in [-0.4, -0.2) is 22.9 Å². The fourth-order valence-corrected chi connectivity index (χ4v) is 7.14. The van der Waals surface area contributed by atoms with Crippen molar-refractivity contribution in [1.29, 1.82) is 0 Å². The van der Waals surface area contributed by atoms with Gasteiger partial charge in [-0.1, -0.05) is 79.6 Å². The minimum Gasteiger partial charge on any atom is -0.361 e. The maximum absolute atomic E-state index is 13.5. The zero-order valence-corrected chi connectivity index (χ0v) is 19.6. The van der Waals surface area contributed by atoms with E-state index in [2.05, 4.69) is 23.2 Å². The highest BCUT2D eigenvalue weighted by molar-refractivity contribution is 7.94. The van der Waals surface area contributed by atoms with Crippen molar-refractivity contribution in [1.82, 2.24) is 4.98 Å². The molecule has 2 aliphatic rings. The van der Waals surface area contributed by atoms with E-state index in [1.54, 1.807) is 0 Å². The van der Waals surface area contributed by atoms with E-state index in [1.807, 2.05) is 96.3 Å². The summed E-state index contributed by atoms with van der Waals surface area (Å²) in [6.07, 6.45) is 13.5. The number of para-hydroxylation sites is 1. The van der Waals surface area contributed by atoms with Crippen molar-refractivity contribution in [2.24, 2.45) is 11.8 Å². The van der Waals surface area contributed by atoms with E-state index >= 15 is 0 Å². The Morgan fingerprint density at radius 2 is 1.33 bits per heavy atom. The van der Waals surface area contributed by atoms with Crippen molar-refractivity contribution < 1.29 is 8.42 Å². The van der Waals surface area contributed by atoms with Crippen molar-refractivity contribution in [3.63, 3.8) is 0 Å². The molecule has 2 aromatic rings. The topological polar surface area (TPSA) is 49.9 Å². The van der Waals surface area contributed by atoms with Crippen molar-refractivity contribution >= 4 is 20.7 Å². The van der Waals surface area contributed by atoms with Crippen LogP contribution in [0, 0.1) is 11.8 Å². The third kappa shape index (κ3) is 3.51. The minimum atomic E-state index is -3.40. The van der Waals surface area contributed by atoms with Gasteiger partial charge in [-0.3, -0.25) is 0 Å². The maximum Gasteiger partial charge on any atom is 0.169 e. The summed E-state index contributed by atoms with van der Waals surface area (Å²) >= 11 is 0. The second-order valence-electron chi connectivity index (χ2n) is 8.92. The molecule has 4 atom stereocenters. The van der Waals surface area contributed by atoms with E-state index in [-0.39, 0.29) is 11.8 Å². The van der Waals surface area contributed by atoms with Crippen LogP contribution in [0.4, 0.5) is 0 Å². The number of benzene rings is 1. The van der Waals surface area contributed by atoms with Gasteiger partial charge in [0.1, 0.15) is 0 Å². The van der Waals surface area contributed by atoms with Crippen LogP contribution < -0.4 is 0 Å². The molecule has 4 rings (SSSR count). The Hall–Kier alpha value is -2.33. The molecule has 0 amide bonds. The summed E-state index contributed by atoms with van der Waals surface area (Å²) in [6, 6.07) is 10.3. The molecule has 0 fully saturated rings. The van der Waals surface area contributed by atoms with E-state index in [0.29, 0.717) is 0 Å². The van der Waals surface area contributed by atoms with Gasteiger partial charge in [-0.25, -0.2) is 8.42 Å². The van der Waals surface area contributed by atoms with Gasteiger partial charge in [-0.15, -0.1) is 0 Å². The summed E-state index contributed by atoms with van der Waals surface area (Å²) in [5.74, 6) is -0.0349. The summed E-state index contributed by atoms with van der Waals surface area (Å²) in [5.41, 5.74) is 3.44. The van der Waals surface area contributed by atoms with E-state index in [9.17, 15) is 8.42 Å². The van der Waals surface area contributed by atoms with Crippen LogP contribution in [0.3, 0.4) is 0 Å². The Bertz CT molecular complexity index is 1070. The molecular weight excluding hydrogens is 390 g/mol. The minimum absolute atomic E-state index is 0.0175. The number of aromatic nitrogens is 1. The molecule has 0 saturated heterocycles. The quantitative estimate of drug-likeness (QED) is 0.608. The maximum atomic E-state index is 13.5. The molecule has 1 N–H and O–H groups in total. The highest BCUT2D eigenvalue weighted by Crippen LogP contribution is 2.46. The van der Waals surface area contributed by atoms with Gasteiger partial charge in [-0.2, -0.15) is 0 Å². The van der Waals surface area contributed by atoms with Crippen LogP contribution in [0.1, 0.15) is 41.5 Å². The van der Waals surface area contributed by atoms with Crippen LogP contribution >= 0.6 is 0 Å². The second-order valence-corrected chi connectivity index (χ2v) is 11.7. The number of hydrogen-bond acceptors (Lipinski definition) is 2. The Balaban J connectivity index is 0.000000234. The second kappa shape index (κ2) is 8.07. The molecule has 160 valence electrons. The molecule has 1 aromatic carbocycles. The van der Waals surface area contributed by atoms with Gasteiger partial charge in [0.15, 0.2) is 9.84 Å². The highest BCUT2D eigenvalue weighted by atomic mass is 32.2. The van der Waals surface area contributed by atoms with Crippen LogP contribution in [0.5, 0.6) is 0 Å². The number of allylic oxidation sites excluding steroid dienone is 6. The molecule has 0 spiro atoms. The van der Waals surface area contributed by atoms with Crippen LogP contribution in [0.15, 0.2) is 84.1 Å². The summed E-state index contributed by atoms with van der Waals surface area (Å²) in [5, 5.41) is 1.28. The molecule has 2 aliphatic carbocycles. The SMILES string of the molecule is CC1=CC=CC(C)(S(=O)(=O)C2(C)C=CC=C(C)C2C)C1C.c1ccc2[nH]ccc2c1. The summed E-state index contributed by atoms with van der Waals surface area (Å²) < 4.78 is 25.3. The van der Waals surface area contributed by atoms with E-state index in [1.165, 1.54) is 10.9 Å². The molecule has 3 nitrogen and oxygen atoms in total. The lowest BCUT2D eigenvalue weighted by Gasteiger charge is -2.45. The van der Waals surface area contributed by atoms with E-state index in [4.69, 9.17) is 0 Å². The largest absolute Gasteiger partial charge is 0.361 e. The van der Waals surface area contributed by atoms with Gasteiger partial charge in [0.25, 0.3) is 0 Å². The zero-order valence-electron chi connectivity index (χ0n) is 18.8. The molecule has 1 aromatic heterocycles. The third-order valence-corrected chi connectivity index (χ3v) is 10.6. The van der Waals surface area contributed by atoms with Gasteiger partial charge in [0.2, 0.25) is 0 Å². The molecule has 0 saturated carbocycles. The first kappa shape index (κ1) is 22.4. The van der Waals surface area contributed by atoms with Crippen molar-refractivity contribution in [3.05, 3.63) is 84.1 Å². The number of nitrogens with one attached hydrogen (secondary N) is 1. The standard InChI is InChI=1S/C18H26O2S.C8H7N/c1-13-9-7-11-17(5,15(13)3)21(19,20)18(6)12-8-10-14(2)16(18)4;1-2-4-8-7(3-1)5-6-9-8/h7-12,15-16H,1-6H3;1-6,9H. The molecule has 1 heterocycles. The third-order valence-electron chi connectivity index (χ3n) is 7.28. The first-order valence-electron chi connectivity index (χ1n) is 10.5. The highest BCUT2D eigenvalue weighted by Gasteiger charge is 2.55. The normalized spacial score (nSPS) is 31.0. The molecule has 0 bridgehead atoms. The van der Waals surface area contributed by atoms with Crippen LogP contribution in [0.25, 0.3) is 10.9 Å². The average Bonchev–Trinajstić information content (AvgIpc) is 3.19. The molecule has 30 heavy (non-hydrogen) atoms. The Morgan fingerprint density at radius 1 is 0.833 bits per heavy atom. The van der Waals surface area contributed by atoms with Crippen LogP contribution in [0.2, 0.25) is 0 Å². The summed E-state index contributed by atoms with van der Waals surface area (Å²) in [6.45, 7) is 11.8. The molecule has 0 aliphatic heterocycles. The van der Waals surface area contributed by atoms with Gasteiger partial charge in [0, 0.05) is 11.7 Å². The number of hydrogen-bond donors (Lipinski definition) is 1. The first-order valence-corrected chi connectivity index (χ1v) is 12.0. The smallest absolute Gasteiger partial charge is 0.169 e. The van der Waals surface area contributed by atoms with Crippen molar-refractivity contribution in [2.75, 3.05) is 0 Å². The monoisotopic (exact) mass is 423 g/mol. The predicted octanol–water partition coefficient (Wildman–Crippen LogP) is 6.39. The number of aromatic amines is 1. The fraction of sp³-hybridized carbons (Fsp3) is 0.385. The molecule has 0 radical (unpaired) electrons. The van der Waals surface area contributed by atoms with Gasteiger partial charge < -0.3 is 4.98 Å². The molecule has 4 heteroatoms. The predicted molar refractivity (Wildman–Crippen MR) is 128 cm³/mol. The zero-order chi connectivity index (χ0) is 22.2. The Kier molecular flexibility index (Phi) is 6.01. The van der Waals surface area contributed by atoms with Gasteiger partial charge in [0.05, 0.1) is 9.49 Å². The Morgan fingerprint density at radius 3 is 1.83 bits per heavy atom. The number of rotatable bonds is 2. The van der Waals surface area contributed by atoms with E-state index < -0.39 is 19.3 Å². The number of fused-ring (bicyclic) bond motifs is 1. The molecular formula is C26H33NO2S. The lowest BCUT2D eigenvalue weighted by Crippen LogP contribution is -2.54. The van der Waals surface area contributed by atoms with E-state index in [0.717, 1.165) is 11.1 Å². The molecule has 4 unspecified atom stereocenters. The first-order chi connectivity index (χ1) is 14.0. The fourth-order valence-electron chi connectivity index (χ4n) is 4.38. The lowest BCUT2D eigenvalue weighted by molar-refractivity contribution is 0.447. The Labute approximate surface area is 181 Å². The number of H-pyrrole nitrogens is 1. The summed E-state index contributed by atoms with van der Waals surface area (Å²) in [4.78, 5) is 3.12. The number of sulfone groups is 1. The van der Waals surface area contributed by atoms with Gasteiger partial charge in [-0.05, 0) is 57.0 Å². The lowest BCUT2D eigenvalue weighted by atomic mass is 9.84. The van der Waals surface area contributed by atoms with Crippen molar-refractivity contribution in [2.45, 2.75) is 51.0 Å². The van der Waals surface area contributed by atoms with Gasteiger partial charge >= 0.3 is 0 Å². The summed E-state index contributed by atoms with van der Waals surface area (Å²) in [7, 11) is -3.40.